The Morgan fingerprint density at radius 1 is 1.27 bits per heavy atom. The lowest BCUT2D eigenvalue weighted by Gasteiger charge is -1.95. The van der Waals surface area contributed by atoms with Gasteiger partial charge < -0.3 is 0 Å². The SMILES string of the molecule is N#CSCCc1ccccc1. The highest BCUT2D eigenvalue weighted by Crippen LogP contribution is 2.04. The molecule has 0 N–H and O–H groups in total. The summed E-state index contributed by atoms with van der Waals surface area (Å²) in [6, 6.07) is 10.2. The van der Waals surface area contributed by atoms with Crippen molar-refractivity contribution in [3.8, 4) is 5.40 Å². The molecule has 2 heteroatoms. The summed E-state index contributed by atoms with van der Waals surface area (Å²) >= 11 is 1.31. The van der Waals surface area contributed by atoms with Crippen LogP contribution in [-0.2, 0) is 6.42 Å². The maximum atomic E-state index is 8.26. The van der Waals surface area contributed by atoms with Gasteiger partial charge in [-0.3, -0.25) is 0 Å². The summed E-state index contributed by atoms with van der Waals surface area (Å²) in [4.78, 5) is 0. The Kier molecular flexibility index (Phi) is 3.57. The predicted octanol–water partition coefficient (Wildman–Crippen LogP) is 2.44. The minimum atomic E-state index is 0.889. The molecule has 1 nitrogen and oxygen atoms in total. The summed E-state index contributed by atoms with van der Waals surface area (Å²) in [5.41, 5.74) is 1.30. The first-order valence-electron chi connectivity index (χ1n) is 3.48. The van der Waals surface area contributed by atoms with E-state index in [4.69, 9.17) is 5.26 Å². The molecule has 11 heavy (non-hydrogen) atoms. The standard InChI is InChI=1S/C9H9NS/c10-8-11-7-6-9-4-2-1-3-5-9/h1-5H,6-7H2. The Balaban J connectivity index is 2.35. The molecule has 0 aliphatic rings. The van der Waals surface area contributed by atoms with E-state index in [0.29, 0.717) is 0 Å². The van der Waals surface area contributed by atoms with Crippen LogP contribution in [0.4, 0.5) is 0 Å². The molecule has 0 saturated heterocycles. The number of nitrogens with zero attached hydrogens (tertiary/aromatic N) is 1. The Morgan fingerprint density at radius 3 is 2.64 bits per heavy atom. The van der Waals surface area contributed by atoms with Crippen LogP contribution in [-0.4, -0.2) is 5.75 Å². The second kappa shape index (κ2) is 4.81. The zero-order valence-electron chi connectivity index (χ0n) is 6.16. The number of hydrogen-bond acceptors (Lipinski definition) is 2. The zero-order valence-corrected chi connectivity index (χ0v) is 6.97. The van der Waals surface area contributed by atoms with Crippen LogP contribution in [0.1, 0.15) is 5.56 Å². The van der Waals surface area contributed by atoms with E-state index in [1.165, 1.54) is 17.3 Å². The van der Waals surface area contributed by atoms with Crippen molar-refractivity contribution in [2.24, 2.45) is 0 Å². The quantitative estimate of drug-likeness (QED) is 0.505. The monoisotopic (exact) mass is 163 g/mol. The second-order valence-electron chi connectivity index (χ2n) is 2.18. The molecule has 0 amide bonds. The number of thiocyanates is 1. The average molecular weight is 163 g/mol. The van der Waals surface area contributed by atoms with E-state index in [2.05, 4.69) is 17.5 Å². The molecule has 0 saturated carbocycles. The Hall–Kier alpha value is -0.940. The molecule has 1 rings (SSSR count). The third kappa shape index (κ3) is 3.10. The van der Waals surface area contributed by atoms with Crippen LogP contribution in [0.5, 0.6) is 0 Å². The van der Waals surface area contributed by atoms with Gasteiger partial charge in [0.05, 0.1) is 0 Å². The molecule has 0 heterocycles. The Bertz CT molecular complexity index is 237. The second-order valence-corrected chi connectivity index (χ2v) is 3.05. The van der Waals surface area contributed by atoms with Crippen molar-refractivity contribution in [3.63, 3.8) is 0 Å². The Morgan fingerprint density at radius 2 is 2.00 bits per heavy atom. The molecule has 0 aromatic heterocycles. The summed E-state index contributed by atoms with van der Waals surface area (Å²) in [5, 5.41) is 10.3. The average Bonchev–Trinajstić information content (AvgIpc) is 2.07. The molecular weight excluding hydrogens is 154 g/mol. The fourth-order valence-corrected chi connectivity index (χ4v) is 1.29. The van der Waals surface area contributed by atoms with Gasteiger partial charge in [-0.2, -0.15) is 5.26 Å². The molecular formula is C9H9NS. The summed E-state index contributed by atoms with van der Waals surface area (Å²) in [6.07, 6.45) is 0.985. The van der Waals surface area contributed by atoms with Gasteiger partial charge >= 0.3 is 0 Å². The predicted molar refractivity (Wildman–Crippen MR) is 48.2 cm³/mol. The maximum absolute atomic E-state index is 8.26. The topological polar surface area (TPSA) is 23.8 Å². The lowest BCUT2D eigenvalue weighted by Crippen LogP contribution is -1.85. The molecule has 0 radical (unpaired) electrons. The molecule has 1 aromatic carbocycles. The van der Waals surface area contributed by atoms with Gasteiger partial charge in [0.15, 0.2) is 0 Å². The van der Waals surface area contributed by atoms with Crippen LogP contribution in [0, 0.1) is 10.7 Å². The van der Waals surface area contributed by atoms with Gasteiger partial charge in [-0.1, -0.05) is 30.3 Å². The van der Waals surface area contributed by atoms with Crippen molar-refractivity contribution in [2.45, 2.75) is 6.42 Å². The van der Waals surface area contributed by atoms with Crippen molar-refractivity contribution < 1.29 is 0 Å². The highest BCUT2D eigenvalue weighted by molar-refractivity contribution is 8.03. The van der Waals surface area contributed by atoms with Gasteiger partial charge in [0, 0.05) is 5.75 Å². The highest BCUT2D eigenvalue weighted by atomic mass is 32.2. The van der Waals surface area contributed by atoms with Gasteiger partial charge in [0.25, 0.3) is 0 Å². The van der Waals surface area contributed by atoms with Crippen LogP contribution >= 0.6 is 11.8 Å². The van der Waals surface area contributed by atoms with E-state index >= 15 is 0 Å². The first kappa shape index (κ1) is 8.16. The minimum Gasteiger partial charge on any atom is -0.185 e. The first-order valence-corrected chi connectivity index (χ1v) is 4.47. The van der Waals surface area contributed by atoms with Gasteiger partial charge in [0.1, 0.15) is 5.40 Å². The van der Waals surface area contributed by atoms with Crippen molar-refractivity contribution in [2.75, 3.05) is 5.75 Å². The fourth-order valence-electron chi connectivity index (χ4n) is 0.859. The first-order chi connectivity index (χ1) is 5.43. The number of benzene rings is 1. The minimum absolute atomic E-state index is 0.889. The molecule has 0 spiro atoms. The van der Waals surface area contributed by atoms with Crippen LogP contribution in [0.25, 0.3) is 0 Å². The maximum Gasteiger partial charge on any atom is 0.133 e. The largest absolute Gasteiger partial charge is 0.185 e. The fraction of sp³-hybridized carbons (Fsp3) is 0.222. The summed E-state index contributed by atoms with van der Waals surface area (Å²) in [7, 11) is 0. The van der Waals surface area contributed by atoms with Crippen LogP contribution in [0.3, 0.4) is 0 Å². The van der Waals surface area contributed by atoms with Gasteiger partial charge in [-0.05, 0) is 23.7 Å². The van der Waals surface area contributed by atoms with Gasteiger partial charge in [-0.15, -0.1) is 0 Å². The molecule has 56 valence electrons. The number of nitriles is 1. The molecule has 0 aliphatic heterocycles. The molecule has 0 aliphatic carbocycles. The third-order valence-electron chi connectivity index (χ3n) is 1.40. The number of aryl methyl sites for hydroxylation is 1. The molecule has 0 bridgehead atoms. The Labute approximate surface area is 71.0 Å². The zero-order chi connectivity index (χ0) is 7.94. The van der Waals surface area contributed by atoms with Gasteiger partial charge in [0.2, 0.25) is 0 Å². The lowest BCUT2D eigenvalue weighted by atomic mass is 10.2. The molecule has 0 unspecified atom stereocenters. The van der Waals surface area contributed by atoms with Crippen LogP contribution < -0.4 is 0 Å². The molecule has 1 aromatic rings. The smallest absolute Gasteiger partial charge is 0.133 e. The summed E-state index contributed by atoms with van der Waals surface area (Å²) in [6.45, 7) is 0. The summed E-state index contributed by atoms with van der Waals surface area (Å²) < 4.78 is 0. The van der Waals surface area contributed by atoms with Crippen molar-refractivity contribution in [1.29, 1.82) is 5.26 Å². The van der Waals surface area contributed by atoms with Crippen molar-refractivity contribution >= 4 is 11.8 Å². The number of rotatable bonds is 3. The normalized spacial score (nSPS) is 9.00. The van der Waals surface area contributed by atoms with E-state index in [1.807, 2.05) is 18.2 Å². The molecule has 0 fully saturated rings. The van der Waals surface area contributed by atoms with Crippen LogP contribution in [0.15, 0.2) is 30.3 Å². The number of thioether (sulfide) groups is 1. The lowest BCUT2D eigenvalue weighted by molar-refractivity contribution is 1.16. The van der Waals surface area contributed by atoms with Gasteiger partial charge in [-0.25, -0.2) is 0 Å². The van der Waals surface area contributed by atoms with E-state index in [-0.39, 0.29) is 0 Å². The molecule has 0 atom stereocenters. The van der Waals surface area contributed by atoms with Crippen LogP contribution in [0.2, 0.25) is 0 Å². The van der Waals surface area contributed by atoms with E-state index in [0.717, 1.165) is 12.2 Å². The third-order valence-corrected chi connectivity index (χ3v) is 1.94. The van der Waals surface area contributed by atoms with Crippen molar-refractivity contribution in [3.05, 3.63) is 35.9 Å². The van der Waals surface area contributed by atoms with E-state index in [1.54, 1.807) is 0 Å². The van der Waals surface area contributed by atoms with E-state index < -0.39 is 0 Å². The highest BCUT2D eigenvalue weighted by Gasteiger charge is 1.89. The summed E-state index contributed by atoms with van der Waals surface area (Å²) in [5.74, 6) is 0.889. The number of hydrogen-bond donors (Lipinski definition) is 0. The van der Waals surface area contributed by atoms with E-state index in [9.17, 15) is 0 Å². The van der Waals surface area contributed by atoms with Crippen molar-refractivity contribution in [1.82, 2.24) is 0 Å².